The molecule has 2 aromatic carbocycles. The monoisotopic (exact) mass is 412 g/mol. The Balaban J connectivity index is 1.44. The summed E-state index contributed by atoms with van der Waals surface area (Å²) < 4.78 is 14.1. The van der Waals surface area contributed by atoms with Gasteiger partial charge in [-0.15, -0.1) is 0 Å². The summed E-state index contributed by atoms with van der Waals surface area (Å²) in [5.74, 6) is 1.06. The molecule has 0 amide bonds. The van der Waals surface area contributed by atoms with Gasteiger partial charge >= 0.3 is 0 Å². The lowest BCUT2D eigenvalue weighted by Gasteiger charge is -2.37. The summed E-state index contributed by atoms with van der Waals surface area (Å²) in [5.41, 5.74) is 8.44. The van der Waals surface area contributed by atoms with Crippen LogP contribution in [0.1, 0.15) is 5.56 Å². The molecule has 0 atom stereocenters. The lowest BCUT2D eigenvalue weighted by Crippen LogP contribution is -2.47. The molecule has 1 saturated heterocycles. The minimum absolute atomic E-state index is 0.200. The van der Waals surface area contributed by atoms with Crippen LogP contribution in [-0.2, 0) is 6.54 Å². The predicted octanol–water partition coefficient (Wildman–Crippen LogP) is 3.79. The van der Waals surface area contributed by atoms with Crippen LogP contribution in [0, 0.1) is 5.82 Å². The van der Waals surface area contributed by atoms with Crippen molar-refractivity contribution >= 4 is 34.6 Å². The maximum Gasteiger partial charge on any atom is 0.157 e. The number of hydrogen-bond acceptors (Lipinski definition) is 6. The van der Waals surface area contributed by atoms with E-state index in [1.807, 2.05) is 35.2 Å². The smallest absolute Gasteiger partial charge is 0.157 e. The molecule has 0 radical (unpaired) electrons. The van der Waals surface area contributed by atoms with E-state index in [4.69, 9.17) is 17.3 Å². The zero-order valence-electron chi connectivity index (χ0n) is 15.9. The molecule has 0 saturated carbocycles. The van der Waals surface area contributed by atoms with Crippen LogP contribution in [-0.4, -0.2) is 36.1 Å². The topological polar surface area (TPSA) is 70.3 Å². The van der Waals surface area contributed by atoms with Gasteiger partial charge in [0.2, 0.25) is 0 Å². The van der Waals surface area contributed by atoms with Crippen molar-refractivity contribution in [1.82, 2.24) is 9.97 Å². The van der Waals surface area contributed by atoms with Crippen molar-refractivity contribution in [2.24, 2.45) is 0 Å². The van der Waals surface area contributed by atoms with Crippen LogP contribution >= 0.6 is 11.6 Å². The molecule has 1 fully saturated rings. The van der Waals surface area contributed by atoms with E-state index in [1.165, 1.54) is 12.4 Å². The second-order valence-corrected chi connectivity index (χ2v) is 7.24. The van der Waals surface area contributed by atoms with Crippen LogP contribution in [0.3, 0.4) is 0 Å². The van der Waals surface area contributed by atoms with E-state index in [0.717, 1.165) is 5.56 Å². The number of nitrogens with one attached hydrogen (secondary N) is 1. The zero-order chi connectivity index (χ0) is 20.2. The first-order valence-corrected chi connectivity index (χ1v) is 9.83. The normalized spacial score (nSPS) is 14.1. The van der Waals surface area contributed by atoms with Gasteiger partial charge in [-0.3, -0.25) is 0 Å². The third-order valence-electron chi connectivity index (χ3n) is 5.04. The Hall–Kier alpha value is -3.06. The highest BCUT2D eigenvalue weighted by atomic mass is 35.5. The van der Waals surface area contributed by atoms with E-state index in [-0.39, 0.29) is 5.82 Å². The van der Waals surface area contributed by atoms with Gasteiger partial charge in [-0.05, 0) is 23.8 Å². The second kappa shape index (κ2) is 8.53. The molecule has 3 N–H and O–H groups in total. The lowest BCUT2D eigenvalue weighted by molar-refractivity contribution is 0.596. The molecule has 0 unspecified atom stereocenters. The molecule has 1 aromatic heterocycles. The Labute approximate surface area is 174 Å². The molecule has 4 rings (SSSR count). The minimum atomic E-state index is -0.200. The maximum atomic E-state index is 14.1. The first-order valence-electron chi connectivity index (χ1n) is 9.45. The van der Waals surface area contributed by atoms with E-state index in [0.29, 0.717) is 60.8 Å². The summed E-state index contributed by atoms with van der Waals surface area (Å²) in [6.07, 6.45) is 1.50. The van der Waals surface area contributed by atoms with E-state index < -0.39 is 0 Å². The summed E-state index contributed by atoms with van der Waals surface area (Å²) in [6, 6.07) is 14.5. The summed E-state index contributed by atoms with van der Waals surface area (Å²) in [4.78, 5) is 12.8. The quantitative estimate of drug-likeness (QED) is 0.664. The van der Waals surface area contributed by atoms with Crippen molar-refractivity contribution in [3.05, 3.63) is 71.3 Å². The van der Waals surface area contributed by atoms with Crippen molar-refractivity contribution in [3.8, 4) is 0 Å². The Kier molecular flexibility index (Phi) is 5.67. The molecule has 1 aliphatic heterocycles. The number of nitrogens with zero attached hydrogens (tertiary/aromatic N) is 4. The maximum absolute atomic E-state index is 14.1. The molecule has 3 aromatic rings. The molecule has 29 heavy (non-hydrogen) atoms. The standard InChI is InChI=1S/C21H22ClFN6/c22-16-6-2-1-5-15(16)13-25-20-19(24)21(27-14-26-20)29-11-9-28(10-12-29)18-8-4-3-7-17(18)23/h1-8,14H,9-13,24H2,(H,25,26,27). The molecule has 0 bridgehead atoms. The highest BCUT2D eigenvalue weighted by Crippen LogP contribution is 2.29. The zero-order valence-corrected chi connectivity index (χ0v) is 16.6. The van der Waals surface area contributed by atoms with Gasteiger partial charge in [-0.2, -0.15) is 0 Å². The number of anilines is 4. The Morgan fingerprint density at radius 3 is 2.41 bits per heavy atom. The van der Waals surface area contributed by atoms with E-state index in [2.05, 4.69) is 20.2 Å². The highest BCUT2D eigenvalue weighted by Gasteiger charge is 2.22. The van der Waals surface area contributed by atoms with Crippen molar-refractivity contribution < 1.29 is 4.39 Å². The molecule has 1 aliphatic rings. The van der Waals surface area contributed by atoms with Crippen LogP contribution in [0.2, 0.25) is 5.02 Å². The summed E-state index contributed by atoms with van der Waals surface area (Å²) in [7, 11) is 0. The lowest BCUT2D eigenvalue weighted by atomic mass is 10.2. The predicted molar refractivity (Wildman–Crippen MR) is 116 cm³/mol. The molecule has 0 spiro atoms. The Morgan fingerprint density at radius 1 is 0.966 bits per heavy atom. The van der Waals surface area contributed by atoms with Gasteiger partial charge in [0, 0.05) is 37.7 Å². The summed E-state index contributed by atoms with van der Waals surface area (Å²) in [5, 5.41) is 3.94. The number of piperazine rings is 1. The summed E-state index contributed by atoms with van der Waals surface area (Å²) in [6.45, 7) is 3.28. The molecule has 2 heterocycles. The number of nitrogen functional groups attached to an aromatic ring is 1. The van der Waals surface area contributed by atoms with E-state index in [1.54, 1.807) is 12.1 Å². The van der Waals surface area contributed by atoms with Crippen LogP contribution in [0.4, 0.5) is 27.4 Å². The number of benzene rings is 2. The molecule has 150 valence electrons. The van der Waals surface area contributed by atoms with Crippen LogP contribution in [0.15, 0.2) is 54.9 Å². The number of aromatic nitrogens is 2. The average Bonchev–Trinajstić information content (AvgIpc) is 2.75. The molecule has 0 aliphatic carbocycles. The van der Waals surface area contributed by atoms with Crippen LogP contribution < -0.4 is 20.9 Å². The van der Waals surface area contributed by atoms with Gasteiger partial charge < -0.3 is 20.9 Å². The van der Waals surface area contributed by atoms with Crippen molar-refractivity contribution in [2.75, 3.05) is 47.0 Å². The highest BCUT2D eigenvalue weighted by molar-refractivity contribution is 6.31. The van der Waals surface area contributed by atoms with Crippen molar-refractivity contribution in [2.45, 2.75) is 6.54 Å². The molecule has 6 nitrogen and oxygen atoms in total. The largest absolute Gasteiger partial charge is 0.393 e. The number of rotatable bonds is 5. The number of nitrogens with two attached hydrogens (primary N) is 1. The van der Waals surface area contributed by atoms with Crippen LogP contribution in [0.5, 0.6) is 0 Å². The molecule has 8 heteroatoms. The number of para-hydroxylation sites is 1. The molecular formula is C21H22ClFN6. The SMILES string of the molecule is Nc1c(NCc2ccccc2Cl)ncnc1N1CCN(c2ccccc2F)CC1. The molecular weight excluding hydrogens is 391 g/mol. The second-order valence-electron chi connectivity index (χ2n) is 6.83. The Morgan fingerprint density at radius 2 is 1.66 bits per heavy atom. The average molecular weight is 413 g/mol. The fraction of sp³-hybridized carbons (Fsp3) is 0.238. The van der Waals surface area contributed by atoms with Crippen molar-refractivity contribution in [1.29, 1.82) is 0 Å². The minimum Gasteiger partial charge on any atom is -0.393 e. The van der Waals surface area contributed by atoms with Gasteiger partial charge in [0.15, 0.2) is 11.6 Å². The van der Waals surface area contributed by atoms with E-state index >= 15 is 0 Å². The van der Waals surface area contributed by atoms with Gasteiger partial charge in [0.1, 0.15) is 17.8 Å². The van der Waals surface area contributed by atoms with Crippen LogP contribution in [0.25, 0.3) is 0 Å². The fourth-order valence-corrected chi connectivity index (χ4v) is 3.67. The third-order valence-corrected chi connectivity index (χ3v) is 5.41. The summed E-state index contributed by atoms with van der Waals surface area (Å²) >= 11 is 6.22. The number of hydrogen-bond donors (Lipinski definition) is 2. The van der Waals surface area contributed by atoms with Crippen molar-refractivity contribution in [3.63, 3.8) is 0 Å². The van der Waals surface area contributed by atoms with Gasteiger partial charge in [0.05, 0.1) is 5.69 Å². The first-order chi connectivity index (χ1) is 14.1. The van der Waals surface area contributed by atoms with Gasteiger partial charge in [0.25, 0.3) is 0 Å². The first kappa shape index (κ1) is 19.3. The third kappa shape index (κ3) is 4.19. The van der Waals surface area contributed by atoms with Gasteiger partial charge in [-0.25, -0.2) is 14.4 Å². The Bertz CT molecular complexity index is 990. The number of halogens is 2. The van der Waals surface area contributed by atoms with Gasteiger partial charge in [-0.1, -0.05) is 41.9 Å². The fourth-order valence-electron chi connectivity index (χ4n) is 3.47. The van der Waals surface area contributed by atoms with E-state index in [9.17, 15) is 4.39 Å².